The van der Waals surface area contributed by atoms with Gasteiger partial charge in [-0.25, -0.2) is 0 Å². The third kappa shape index (κ3) is 6.12. The van der Waals surface area contributed by atoms with Crippen LogP contribution in [0.4, 0.5) is 0 Å². The fraction of sp³-hybridized carbons (Fsp3) is 0.344. The Kier molecular flexibility index (Phi) is 7.85. The zero-order valence-electron chi connectivity index (χ0n) is 23.9. The molecule has 3 heterocycles. The Balaban J connectivity index is 1.06. The predicted molar refractivity (Wildman–Crippen MR) is 157 cm³/mol. The van der Waals surface area contributed by atoms with E-state index in [0.29, 0.717) is 30.3 Å². The summed E-state index contributed by atoms with van der Waals surface area (Å²) in [6, 6.07) is 13.9. The largest absolute Gasteiger partial charge is 0.355 e. The molecule has 0 radical (unpaired) electrons. The van der Waals surface area contributed by atoms with Gasteiger partial charge in [0.25, 0.3) is 11.8 Å². The van der Waals surface area contributed by atoms with E-state index in [9.17, 15) is 9.59 Å². The number of amides is 2. The summed E-state index contributed by atoms with van der Waals surface area (Å²) in [6.07, 6.45) is 9.23. The van der Waals surface area contributed by atoms with E-state index < -0.39 is 0 Å². The van der Waals surface area contributed by atoms with Gasteiger partial charge in [0, 0.05) is 49.6 Å². The van der Waals surface area contributed by atoms with Crippen LogP contribution in [0.25, 0.3) is 5.57 Å². The fourth-order valence-electron chi connectivity index (χ4n) is 5.42. The number of nitrogens with zero attached hydrogens (tertiary/aromatic N) is 6. The lowest BCUT2D eigenvalue weighted by molar-refractivity contribution is 0.0942. The molecule has 2 N–H and O–H groups in total. The Hall–Kier alpha value is -4.73. The molecule has 1 aromatic carbocycles. The summed E-state index contributed by atoms with van der Waals surface area (Å²) < 4.78 is 1.71. The van der Waals surface area contributed by atoms with E-state index >= 15 is 0 Å². The Morgan fingerprint density at radius 2 is 1.90 bits per heavy atom. The van der Waals surface area contributed by atoms with Crippen molar-refractivity contribution in [1.29, 1.82) is 0 Å². The van der Waals surface area contributed by atoms with Gasteiger partial charge in [-0.05, 0) is 85.9 Å². The molecule has 42 heavy (non-hydrogen) atoms. The molecule has 10 heteroatoms. The van der Waals surface area contributed by atoms with E-state index in [1.165, 1.54) is 24.0 Å². The molecule has 0 bridgehead atoms. The molecular formula is C32H34N8O2. The van der Waals surface area contributed by atoms with Gasteiger partial charge in [-0.15, -0.1) is 5.10 Å². The number of pyridine rings is 1. The van der Waals surface area contributed by atoms with Crippen LogP contribution in [0.5, 0.6) is 0 Å². The first-order chi connectivity index (χ1) is 20.5. The highest BCUT2D eigenvalue weighted by atomic mass is 16.2. The number of hydrogen-bond donors (Lipinski definition) is 2. The normalized spacial score (nSPS) is 14.1. The van der Waals surface area contributed by atoms with E-state index in [0.717, 1.165) is 59.5 Å². The molecule has 3 aromatic heterocycles. The van der Waals surface area contributed by atoms with Crippen molar-refractivity contribution < 1.29 is 9.59 Å². The number of carbonyl (C=O) groups is 2. The Labute approximate surface area is 244 Å². The predicted octanol–water partition coefficient (Wildman–Crippen LogP) is 3.85. The van der Waals surface area contributed by atoms with Crippen LogP contribution in [0.15, 0.2) is 60.4 Å². The molecule has 6 rings (SSSR count). The lowest BCUT2D eigenvalue weighted by Crippen LogP contribution is -2.23. The second kappa shape index (κ2) is 12.0. The van der Waals surface area contributed by atoms with Gasteiger partial charge in [-0.3, -0.25) is 19.3 Å². The van der Waals surface area contributed by atoms with Gasteiger partial charge >= 0.3 is 0 Å². The van der Waals surface area contributed by atoms with Gasteiger partial charge in [0.05, 0.1) is 17.6 Å². The Morgan fingerprint density at radius 3 is 2.69 bits per heavy atom. The molecule has 4 aromatic rings. The van der Waals surface area contributed by atoms with Crippen LogP contribution in [0, 0.1) is 12.8 Å². The van der Waals surface area contributed by atoms with E-state index in [1.54, 1.807) is 24.1 Å². The second-order valence-corrected chi connectivity index (χ2v) is 11.0. The zero-order chi connectivity index (χ0) is 29.1. The summed E-state index contributed by atoms with van der Waals surface area (Å²) in [6.45, 7) is 2.97. The first-order valence-electron chi connectivity index (χ1n) is 14.5. The number of aryl methyl sites for hydroxylation is 3. The molecule has 2 amide bonds. The number of nitrogens with one attached hydrogen (secondary N) is 2. The number of allylic oxidation sites excluding steroid dienone is 1. The average molecular weight is 563 g/mol. The quantitative estimate of drug-likeness (QED) is 0.266. The Bertz CT molecular complexity index is 1650. The van der Waals surface area contributed by atoms with Crippen molar-refractivity contribution >= 4 is 17.4 Å². The number of rotatable bonds is 11. The van der Waals surface area contributed by atoms with E-state index in [-0.39, 0.29) is 11.8 Å². The fourth-order valence-corrected chi connectivity index (χ4v) is 5.42. The highest BCUT2D eigenvalue weighted by Crippen LogP contribution is 2.48. The number of hydrogen-bond acceptors (Lipinski definition) is 7. The second-order valence-electron chi connectivity index (χ2n) is 11.0. The number of benzene rings is 1. The minimum atomic E-state index is -0.259. The zero-order valence-corrected chi connectivity index (χ0v) is 23.9. The Morgan fingerprint density at radius 1 is 1.02 bits per heavy atom. The molecule has 1 fully saturated rings. The SMILES string of the molecule is CNC(=O)c1cccc(C2=C(C3CC3)Cc3nnc(CCCCn4cc(C(=O)NCc5ccc(C)nc5)nn4)cc32)c1. The van der Waals surface area contributed by atoms with Crippen molar-refractivity contribution in [3.63, 3.8) is 0 Å². The summed E-state index contributed by atoms with van der Waals surface area (Å²) in [5.41, 5.74) is 9.65. The molecule has 0 unspecified atom stereocenters. The molecule has 0 aliphatic heterocycles. The third-order valence-electron chi connectivity index (χ3n) is 7.85. The number of carbonyl (C=O) groups excluding carboxylic acids is 2. The van der Waals surface area contributed by atoms with Gasteiger partial charge in [-0.2, -0.15) is 10.2 Å². The maximum absolute atomic E-state index is 12.5. The first kappa shape index (κ1) is 27.4. The standard InChI is InChI=1S/C32H34N8O2/c1-20-9-10-21(17-34-20)18-35-32(42)29-19-40(39-38-29)13-4-3-8-25-15-27-28(37-36-25)16-26(22-11-12-22)30(27)23-6-5-7-24(14-23)31(41)33-2/h5-7,9-10,14-15,17,19,22H,3-4,8,11-13,16,18H2,1-2H3,(H,33,41)(H,35,42). The van der Waals surface area contributed by atoms with Gasteiger partial charge in [0.1, 0.15) is 0 Å². The summed E-state index contributed by atoms with van der Waals surface area (Å²) >= 11 is 0. The number of aromatic nitrogens is 6. The lowest BCUT2D eigenvalue weighted by Gasteiger charge is -2.11. The molecule has 214 valence electrons. The number of fused-ring (bicyclic) bond motifs is 1. The first-order valence-corrected chi connectivity index (χ1v) is 14.5. The summed E-state index contributed by atoms with van der Waals surface area (Å²) in [5.74, 6) is 0.248. The van der Waals surface area contributed by atoms with Crippen LogP contribution in [0.3, 0.4) is 0 Å². The maximum Gasteiger partial charge on any atom is 0.273 e. The van der Waals surface area contributed by atoms with Crippen molar-refractivity contribution in [2.24, 2.45) is 5.92 Å². The van der Waals surface area contributed by atoms with Crippen molar-refractivity contribution in [2.45, 2.75) is 58.5 Å². The minimum absolute atomic E-state index is 0.0860. The van der Waals surface area contributed by atoms with Crippen molar-refractivity contribution in [3.8, 4) is 0 Å². The smallest absolute Gasteiger partial charge is 0.273 e. The van der Waals surface area contributed by atoms with Crippen LogP contribution in [0.1, 0.15) is 80.3 Å². The molecule has 2 aliphatic carbocycles. The van der Waals surface area contributed by atoms with Crippen LogP contribution in [-0.2, 0) is 25.9 Å². The molecular weight excluding hydrogens is 528 g/mol. The van der Waals surface area contributed by atoms with Crippen molar-refractivity contribution in [2.75, 3.05) is 7.05 Å². The molecule has 0 spiro atoms. The van der Waals surface area contributed by atoms with Crippen LogP contribution in [-0.4, -0.2) is 49.0 Å². The molecule has 2 aliphatic rings. The highest BCUT2D eigenvalue weighted by Gasteiger charge is 2.35. The van der Waals surface area contributed by atoms with Gasteiger partial charge in [0.15, 0.2) is 5.69 Å². The topological polar surface area (TPSA) is 128 Å². The molecule has 0 saturated heterocycles. The number of unbranched alkanes of at least 4 members (excludes halogenated alkanes) is 1. The van der Waals surface area contributed by atoms with Crippen LogP contribution < -0.4 is 10.6 Å². The lowest BCUT2D eigenvalue weighted by atomic mass is 9.94. The van der Waals surface area contributed by atoms with E-state index in [2.05, 4.69) is 48.3 Å². The maximum atomic E-state index is 12.5. The van der Waals surface area contributed by atoms with E-state index in [4.69, 9.17) is 0 Å². The molecule has 10 nitrogen and oxygen atoms in total. The summed E-state index contributed by atoms with van der Waals surface area (Å²) in [5, 5.41) is 22.9. The van der Waals surface area contributed by atoms with Gasteiger partial charge in [0.2, 0.25) is 0 Å². The average Bonchev–Trinajstić information content (AvgIpc) is 3.63. The summed E-state index contributed by atoms with van der Waals surface area (Å²) in [7, 11) is 1.65. The minimum Gasteiger partial charge on any atom is -0.355 e. The van der Waals surface area contributed by atoms with Crippen LogP contribution >= 0.6 is 0 Å². The van der Waals surface area contributed by atoms with Crippen LogP contribution in [0.2, 0.25) is 0 Å². The van der Waals surface area contributed by atoms with Crippen molar-refractivity contribution in [3.05, 3.63) is 105 Å². The molecule has 1 saturated carbocycles. The van der Waals surface area contributed by atoms with E-state index in [1.807, 2.05) is 37.3 Å². The summed E-state index contributed by atoms with van der Waals surface area (Å²) in [4.78, 5) is 29.0. The third-order valence-corrected chi connectivity index (χ3v) is 7.85. The highest BCUT2D eigenvalue weighted by molar-refractivity contribution is 5.96. The monoisotopic (exact) mass is 562 g/mol. The van der Waals surface area contributed by atoms with Gasteiger partial charge in [-0.1, -0.05) is 29.0 Å². The molecule has 0 atom stereocenters. The van der Waals surface area contributed by atoms with Gasteiger partial charge < -0.3 is 10.6 Å². The van der Waals surface area contributed by atoms with Crippen molar-refractivity contribution in [1.82, 2.24) is 40.8 Å².